The highest BCUT2D eigenvalue weighted by molar-refractivity contribution is 7.93. The molecule has 0 spiro atoms. The minimum absolute atomic E-state index is 0.0739. The van der Waals surface area contributed by atoms with Crippen LogP contribution in [0.15, 0.2) is 47.6 Å². The van der Waals surface area contributed by atoms with Gasteiger partial charge in [0.25, 0.3) is 10.0 Å². The van der Waals surface area contributed by atoms with Crippen molar-refractivity contribution in [3.63, 3.8) is 0 Å². The quantitative estimate of drug-likeness (QED) is 0.447. The van der Waals surface area contributed by atoms with E-state index in [9.17, 15) is 13.2 Å². The maximum Gasteiger partial charge on any atom is 0.303 e. The van der Waals surface area contributed by atoms with Crippen molar-refractivity contribution in [2.75, 3.05) is 10.8 Å². The zero-order valence-corrected chi connectivity index (χ0v) is 21.0. The van der Waals surface area contributed by atoms with Crippen LogP contribution in [0.2, 0.25) is 10.2 Å². The summed E-state index contributed by atoms with van der Waals surface area (Å²) in [5, 5.41) is 13.5. The molecule has 0 fully saturated rings. The zero-order chi connectivity index (χ0) is 25.2. The molecule has 0 saturated carbocycles. The van der Waals surface area contributed by atoms with Crippen molar-refractivity contribution in [2.45, 2.75) is 37.3 Å². The number of anilines is 1. The van der Waals surface area contributed by atoms with Crippen molar-refractivity contribution in [2.24, 2.45) is 0 Å². The first-order valence-electron chi connectivity index (χ1n) is 10.8. The van der Waals surface area contributed by atoms with Crippen LogP contribution in [0, 0.1) is 0 Å². The molecule has 12 heteroatoms. The number of hydrogen-bond acceptors (Lipinski definition) is 6. The Morgan fingerprint density at radius 3 is 2.77 bits per heavy atom. The van der Waals surface area contributed by atoms with Crippen LogP contribution in [0.25, 0.3) is 12.2 Å². The average molecular weight is 537 g/mol. The highest BCUT2D eigenvalue weighted by atomic mass is 35.5. The van der Waals surface area contributed by atoms with Crippen molar-refractivity contribution < 1.29 is 23.1 Å². The molecule has 1 aliphatic rings. The van der Waals surface area contributed by atoms with Crippen molar-refractivity contribution in [3.8, 4) is 5.75 Å². The number of hydrogen-bond donors (Lipinski definition) is 1. The van der Waals surface area contributed by atoms with E-state index < -0.39 is 22.1 Å². The number of benzene rings is 1. The van der Waals surface area contributed by atoms with Crippen LogP contribution in [-0.4, -0.2) is 46.9 Å². The molecule has 3 heterocycles. The van der Waals surface area contributed by atoms with E-state index in [0.717, 1.165) is 0 Å². The second kappa shape index (κ2) is 10.3. The van der Waals surface area contributed by atoms with Crippen LogP contribution in [0.1, 0.15) is 31.0 Å². The SMILES string of the molecule is CCn1cc(S(=O)(=O)N2CC(CCC(=O)O)Oc3ccc(C=Cc4ncccc4Cl)cc32)c(Cl)n1. The maximum absolute atomic E-state index is 13.7. The van der Waals surface area contributed by atoms with Gasteiger partial charge >= 0.3 is 5.97 Å². The molecule has 0 bridgehead atoms. The van der Waals surface area contributed by atoms with Crippen LogP contribution < -0.4 is 9.04 Å². The molecule has 1 unspecified atom stereocenters. The first-order valence-corrected chi connectivity index (χ1v) is 13.0. The van der Waals surface area contributed by atoms with Gasteiger partial charge in [0.1, 0.15) is 16.7 Å². The van der Waals surface area contributed by atoms with Crippen molar-refractivity contribution in [1.29, 1.82) is 0 Å². The van der Waals surface area contributed by atoms with Crippen LogP contribution in [0.4, 0.5) is 5.69 Å². The number of halogens is 2. The monoisotopic (exact) mass is 536 g/mol. The van der Waals surface area contributed by atoms with E-state index in [-0.39, 0.29) is 29.4 Å². The number of carboxylic acids is 1. The number of aryl methyl sites for hydroxylation is 1. The van der Waals surface area contributed by atoms with E-state index in [1.807, 2.05) is 6.92 Å². The smallest absolute Gasteiger partial charge is 0.303 e. The number of aromatic nitrogens is 3. The number of aliphatic carboxylic acids is 1. The Morgan fingerprint density at radius 1 is 1.29 bits per heavy atom. The predicted octanol–water partition coefficient (Wildman–Crippen LogP) is 4.60. The molecule has 1 aliphatic heterocycles. The summed E-state index contributed by atoms with van der Waals surface area (Å²) in [4.78, 5) is 15.2. The Balaban J connectivity index is 1.74. The van der Waals surface area contributed by atoms with Gasteiger partial charge in [-0.1, -0.05) is 35.3 Å². The molecule has 35 heavy (non-hydrogen) atoms. The predicted molar refractivity (Wildman–Crippen MR) is 133 cm³/mol. The first kappa shape index (κ1) is 25.0. The fourth-order valence-electron chi connectivity index (χ4n) is 3.62. The number of fused-ring (bicyclic) bond motifs is 1. The van der Waals surface area contributed by atoms with Gasteiger partial charge in [-0.3, -0.25) is 18.8 Å². The summed E-state index contributed by atoms with van der Waals surface area (Å²) in [7, 11) is -4.12. The minimum atomic E-state index is -4.12. The standard InChI is InChI=1S/C23H22Cl2N4O5S/c1-2-28-14-21(23(25)27-28)35(32,33)29-13-16(7-10-22(30)31)34-20-9-6-15(12-19(20)29)5-8-18-17(24)4-3-11-26-18/h3-6,8-9,11-12,14,16H,2,7,10,13H2,1H3,(H,30,31). The Hall–Kier alpha value is -3.08. The number of nitrogens with zero attached hydrogens (tertiary/aromatic N) is 4. The Labute approximate surface area is 212 Å². The highest BCUT2D eigenvalue weighted by Crippen LogP contribution is 2.40. The lowest BCUT2D eigenvalue weighted by atomic mass is 10.1. The minimum Gasteiger partial charge on any atom is -0.486 e. The van der Waals surface area contributed by atoms with E-state index in [2.05, 4.69) is 10.1 Å². The van der Waals surface area contributed by atoms with E-state index in [0.29, 0.717) is 34.3 Å². The van der Waals surface area contributed by atoms with E-state index in [4.69, 9.17) is 33.0 Å². The largest absolute Gasteiger partial charge is 0.486 e. The Bertz CT molecular complexity index is 1390. The Morgan fingerprint density at radius 2 is 2.09 bits per heavy atom. The molecular weight excluding hydrogens is 515 g/mol. The number of ether oxygens (including phenoxy) is 1. The number of carbonyl (C=O) groups is 1. The fourth-order valence-corrected chi connectivity index (χ4v) is 5.76. The Kier molecular flexibility index (Phi) is 7.34. The lowest BCUT2D eigenvalue weighted by Gasteiger charge is -2.35. The van der Waals surface area contributed by atoms with E-state index in [1.54, 1.807) is 48.7 Å². The summed E-state index contributed by atoms with van der Waals surface area (Å²) in [5.74, 6) is -0.669. The third-order valence-corrected chi connectivity index (χ3v) is 7.88. The van der Waals surface area contributed by atoms with E-state index in [1.165, 1.54) is 15.2 Å². The van der Waals surface area contributed by atoms with Crippen LogP contribution in [0.5, 0.6) is 5.75 Å². The summed E-state index contributed by atoms with van der Waals surface area (Å²) >= 11 is 12.3. The first-order chi connectivity index (χ1) is 16.7. The molecule has 1 atom stereocenters. The van der Waals surface area contributed by atoms with Crippen LogP contribution >= 0.6 is 23.2 Å². The summed E-state index contributed by atoms with van der Waals surface area (Å²) in [5.41, 5.74) is 1.57. The van der Waals surface area contributed by atoms with Crippen molar-refractivity contribution in [1.82, 2.24) is 14.8 Å². The third kappa shape index (κ3) is 5.44. The third-order valence-electron chi connectivity index (χ3n) is 5.39. The zero-order valence-electron chi connectivity index (χ0n) is 18.6. The highest BCUT2D eigenvalue weighted by Gasteiger charge is 2.37. The average Bonchev–Trinajstić information content (AvgIpc) is 3.23. The normalized spacial score (nSPS) is 15.7. The van der Waals surface area contributed by atoms with Gasteiger partial charge in [0.2, 0.25) is 0 Å². The molecule has 1 aromatic carbocycles. The van der Waals surface area contributed by atoms with Crippen LogP contribution in [0.3, 0.4) is 0 Å². The molecule has 4 rings (SSSR count). The van der Waals surface area contributed by atoms with Gasteiger partial charge in [0, 0.05) is 25.4 Å². The maximum atomic E-state index is 13.7. The lowest BCUT2D eigenvalue weighted by Crippen LogP contribution is -2.43. The molecule has 1 N–H and O–H groups in total. The van der Waals surface area contributed by atoms with E-state index >= 15 is 0 Å². The molecular formula is C23H22Cl2N4O5S. The van der Waals surface area contributed by atoms with Gasteiger partial charge in [-0.25, -0.2) is 8.42 Å². The molecule has 0 saturated heterocycles. The number of sulfonamides is 1. The van der Waals surface area contributed by atoms with Gasteiger partial charge in [-0.2, -0.15) is 5.10 Å². The summed E-state index contributed by atoms with van der Waals surface area (Å²) < 4.78 is 36.0. The van der Waals surface area contributed by atoms with Gasteiger partial charge in [-0.15, -0.1) is 0 Å². The summed E-state index contributed by atoms with van der Waals surface area (Å²) in [6, 6.07) is 8.54. The van der Waals surface area contributed by atoms with Crippen molar-refractivity contribution in [3.05, 3.63) is 64.2 Å². The second-order valence-corrected chi connectivity index (χ2v) is 10.4. The lowest BCUT2D eigenvalue weighted by molar-refractivity contribution is -0.137. The molecule has 0 aliphatic carbocycles. The van der Waals surface area contributed by atoms with Gasteiger partial charge in [0.15, 0.2) is 5.15 Å². The number of rotatable bonds is 8. The van der Waals surface area contributed by atoms with Gasteiger partial charge < -0.3 is 9.84 Å². The molecule has 2 aromatic heterocycles. The topological polar surface area (TPSA) is 115 Å². The van der Waals surface area contributed by atoms with Crippen LogP contribution in [-0.2, 0) is 21.4 Å². The number of carboxylic acid groups (broad SMARTS) is 1. The summed E-state index contributed by atoms with van der Waals surface area (Å²) in [6.07, 6.45) is 5.82. The van der Waals surface area contributed by atoms with Gasteiger partial charge in [-0.05, 0) is 49.2 Å². The summed E-state index contributed by atoms with van der Waals surface area (Å²) in [6.45, 7) is 2.19. The molecule has 9 nitrogen and oxygen atoms in total. The molecule has 0 radical (unpaired) electrons. The van der Waals surface area contributed by atoms with Crippen molar-refractivity contribution >= 4 is 57.0 Å². The number of pyridine rings is 1. The molecule has 184 valence electrons. The second-order valence-electron chi connectivity index (χ2n) is 7.78. The van der Waals surface area contributed by atoms with Gasteiger partial charge in [0.05, 0.1) is 22.9 Å². The molecule has 0 amide bonds. The molecule has 3 aromatic rings. The fraction of sp³-hybridized carbons (Fsp3) is 0.261.